The van der Waals surface area contributed by atoms with E-state index in [1.807, 2.05) is 32.1 Å². The van der Waals surface area contributed by atoms with E-state index in [-0.39, 0.29) is 5.91 Å². The predicted octanol–water partition coefficient (Wildman–Crippen LogP) is 5.40. The highest BCUT2D eigenvalue weighted by atomic mass is 35.5. The molecular weight excluding hydrogens is 302 g/mol. The molecule has 1 N–H and O–H groups in total. The second-order valence-electron chi connectivity index (χ2n) is 4.43. The van der Waals surface area contributed by atoms with Gasteiger partial charge in [-0.2, -0.15) is 11.3 Å². The summed E-state index contributed by atoms with van der Waals surface area (Å²) in [6.45, 7) is 4.00. The molecule has 0 aliphatic carbocycles. The van der Waals surface area contributed by atoms with E-state index in [0.717, 1.165) is 29.7 Å². The first kappa shape index (κ1) is 15.8. The molecule has 0 fully saturated rings. The molecule has 4 heteroatoms. The van der Waals surface area contributed by atoms with E-state index in [1.165, 1.54) is 5.56 Å². The minimum atomic E-state index is -0.0393. The molecule has 2 nitrogen and oxygen atoms in total. The van der Waals surface area contributed by atoms with E-state index in [0.29, 0.717) is 5.02 Å². The summed E-state index contributed by atoms with van der Waals surface area (Å²) in [5, 5.41) is 7.69. The number of aryl methyl sites for hydroxylation is 1. The third-order valence-electron chi connectivity index (χ3n) is 3.13. The normalized spacial score (nSPS) is 14.4. The molecule has 1 aromatic carbocycles. The number of fused-ring (bicyclic) bond motifs is 1. The highest BCUT2D eigenvalue weighted by Crippen LogP contribution is 2.33. The zero-order chi connectivity index (χ0) is 15.2. The van der Waals surface area contributed by atoms with E-state index in [1.54, 1.807) is 17.4 Å². The zero-order valence-electron chi connectivity index (χ0n) is 12.2. The van der Waals surface area contributed by atoms with Crippen LogP contribution >= 0.6 is 22.9 Å². The van der Waals surface area contributed by atoms with E-state index >= 15 is 0 Å². The monoisotopic (exact) mass is 319 g/mol. The van der Waals surface area contributed by atoms with Gasteiger partial charge in [-0.1, -0.05) is 37.6 Å². The number of amides is 1. The Morgan fingerprint density at radius 3 is 2.81 bits per heavy atom. The van der Waals surface area contributed by atoms with Crippen LogP contribution in [0.3, 0.4) is 0 Å². The summed E-state index contributed by atoms with van der Waals surface area (Å²) < 4.78 is 0. The Hall–Kier alpha value is -1.58. The van der Waals surface area contributed by atoms with Crippen LogP contribution in [0.15, 0.2) is 41.1 Å². The Labute approximate surface area is 134 Å². The molecular formula is C17H18ClNOS. The van der Waals surface area contributed by atoms with Gasteiger partial charge in [0, 0.05) is 16.2 Å². The fraction of sp³-hybridized carbons (Fsp3) is 0.235. The van der Waals surface area contributed by atoms with Crippen molar-refractivity contribution in [2.24, 2.45) is 0 Å². The van der Waals surface area contributed by atoms with Crippen LogP contribution in [0, 0.1) is 0 Å². The SMILES string of the molecule is CC.O=C1Nc2cc(Cl)ccc2/C1=C\CCc1ccsc1. The summed E-state index contributed by atoms with van der Waals surface area (Å²) in [6, 6.07) is 7.61. The van der Waals surface area contributed by atoms with Crippen LogP contribution in [0.2, 0.25) is 5.02 Å². The van der Waals surface area contributed by atoms with Crippen LogP contribution < -0.4 is 5.32 Å². The molecule has 3 rings (SSSR count). The third-order valence-corrected chi connectivity index (χ3v) is 4.09. The minimum Gasteiger partial charge on any atom is -0.321 e. The number of hydrogen-bond donors (Lipinski definition) is 1. The number of benzene rings is 1. The quantitative estimate of drug-likeness (QED) is 0.754. The van der Waals surface area contributed by atoms with Crippen LogP contribution in [0.25, 0.3) is 5.57 Å². The molecule has 0 saturated carbocycles. The van der Waals surface area contributed by atoms with Crippen molar-refractivity contribution < 1.29 is 4.79 Å². The van der Waals surface area contributed by atoms with Gasteiger partial charge in [0.2, 0.25) is 0 Å². The maximum Gasteiger partial charge on any atom is 0.256 e. The molecule has 0 bridgehead atoms. The van der Waals surface area contributed by atoms with Crippen LogP contribution in [0.4, 0.5) is 5.69 Å². The lowest BCUT2D eigenvalue weighted by atomic mass is 10.0. The van der Waals surface area contributed by atoms with Crippen LogP contribution in [-0.4, -0.2) is 5.91 Å². The predicted molar refractivity (Wildman–Crippen MR) is 92.0 cm³/mol. The second-order valence-corrected chi connectivity index (χ2v) is 5.65. The first-order chi connectivity index (χ1) is 10.2. The number of carbonyl (C=O) groups is 1. The van der Waals surface area contributed by atoms with Crippen LogP contribution in [0.1, 0.15) is 31.4 Å². The molecule has 2 heterocycles. The first-order valence-corrected chi connectivity index (χ1v) is 8.38. The van der Waals surface area contributed by atoms with Gasteiger partial charge in [0.1, 0.15) is 0 Å². The average molecular weight is 320 g/mol. The largest absolute Gasteiger partial charge is 0.321 e. The van der Waals surface area contributed by atoms with E-state index < -0.39 is 0 Å². The number of rotatable bonds is 3. The van der Waals surface area contributed by atoms with Gasteiger partial charge < -0.3 is 5.32 Å². The highest BCUT2D eigenvalue weighted by molar-refractivity contribution is 7.07. The topological polar surface area (TPSA) is 29.1 Å². The van der Waals surface area contributed by atoms with Gasteiger partial charge >= 0.3 is 0 Å². The Bertz CT molecular complexity index is 647. The molecule has 0 atom stereocenters. The number of nitrogens with one attached hydrogen (secondary N) is 1. The van der Waals surface area contributed by atoms with Gasteiger partial charge in [0.15, 0.2) is 0 Å². The number of allylic oxidation sites excluding steroid dienone is 1. The van der Waals surface area contributed by atoms with Gasteiger partial charge in [-0.25, -0.2) is 0 Å². The number of hydrogen-bond acceptors (Lipinski definition) is 2. The summed E-state index contributed by atoms with van der Waals surface area (Å²) in [4.78, 5) is 11.9. The molecule has 1 aliphatic heterocycles. The van der Waals surface area contributed by atoms with Gasteiger partial charge in [0.05, 0.1) is 5.69 Å². The number of halogens is 1. The van der Waals surface area contributed by atoms with Gasteiger partial charge in [-0.3, -0.25) is 4.79 Å². The maximum absolute atomic E-state index is 11.9. The number of anilines is 1. The van der Waals surface area contributed by atoms with Crippen molar-refractivity contribution in [3.8, 4) is 0 Å². The number of carbonyl (C=O) groups excluding carboxylic acids is 1. The molecule has 110 valence electrons. The lowest BCUT2D eigenvalue weighted by molar-refractivity contribution is -0.110. The Balaban J connectivity index is 0.000000774. The summed E-state index contributed by atoms with van der Waals surface area (Å²) >= 11 is 7.62. The van der Waals surface area contributed by atoms with Crippen molar-refractivity contribution in [3.05, 3.63) is 57.3 Å². The summed E-state index contributed by atoms with van der Waals surface area (Å²) in [5.74, 6) is -0.0393. The lowest BCUT2D eigenvalue weighted by Gasteiger charge is -1.99. The Morgan fingerprint density at radius 2 is 2.10 bits per heavy atom. The Morgan fingerprint density at radius 1 is 1.29 bits per heavy atom. The summed E-state index contributed by atoms with van der Waals surface area (Å²) in [5.41, 5.74) is 3.82. The van der Waals surface area contributed by atoms with E-state index in [2.05, 4.69) is 22.1 Å². The standard InChI is InChI=1S/C15H12ClNOS.C2H6/c16-11-4-5-12-13(15(18)17-14(12)8-11)3-1-2-10-6-7-19-9-10;1-2/h3-9H,1-2H2,(H,17,18);1-2H3/b13-3+;. The van der Waals surface area contributed by atoms with Crippen LogP contribution in [-0.2, 0) is 11.2 Å². The highest BCUT2D eigenvalue weighted by Gasteiger charge is 2.23. The summed E-state index contributed by atoms with van der Waals surface area (Å²) in [6.07, 6.45) is 3.83. The van der Waals surface area contributed by atoms with Gasteiger partial charge in [-0.05, 0) is 47.4 Å². The van der Waals surface area contributed by atoms with Crippen molar-refractivity contribution >= 4 is 40.1 Å². The molecule has 1 amide bonds. The van der Waals surface area contributed by atoms with E-state index in [4.69, 9.17) is 11.6 Å². The fourth-order valence-corrected chi connectivity index (χ4v) is 3.06. The third kappa shape index (κ3) is 3.74. The molecule has 2 aromatic rings. The smallest absolute Gasteiger partial charge is 0.256 e. The fourth-order valence-electron chi connectivity index (χ4n) is 2.19. The minimum absolute atomic E-state index is 0.0393. The summed E-state index contributed by atoms with van der Waals surface area (Å²) in [7, 11) is 0. The van der Waals surface area contributed by atoms with Crippen molar-refractivity contribution in [1.82, 2.24) is 0 Å². The molecule has 1 aromatic heterocycles. The van der Waals surface area contributed by atoms with Crippen molar-refractivity contribution in [2.45, 2.75) is 26.7 Å². The van der Waals surface area contributed by atoms with Gasteiger partial charge in [0.25, 0.3) is 5.91 Å². The lowest BCUT2D eigenvalue weighted by Crippen LogP contribution is -2.03. The van der Waals surface area contributed by atoms with Gasteiger partial charge in [-0.15, -0.1) is 0 Å². The molecule has 1 aliphatic rings. The average Bonchev–Trinajstić information content (AvgIpc) is 3.09. The number of thiophene rings is 1. The van der Waals surface area contributed by atoms with Crippen LogP contribution in [0.5, 0.6) is 0 Å². The molecule has 0 saturated heterocycles. The first-order valence-electron chi connectivity index (χ1n) is 7.06. The molecule has 0 radical (unpaired) electrons. The molecule has 0 unspecified atom stereocenters. The van der Waals surface area contributed by atoms with E-state index in [9.17, 15) is 4.79 Å². The van der Waals surface area contributed by atoms with Crippen molar-refractivity contribution in [2.75, 3.05) is 5.32 Å². The second kappa shape index (κ2) is 7.43. The Kier molecular flexibility index (Phi) is 5.59. The molecule has 21 heavy (non-hydrogen) atoms. The molecule has 0 spiro atoms. The van der Waals surface area contributed by atoms with Crippen molar-refractivity contribution in [1.29, 1.82) is 0 Å². The van der Waals surface area contributed by atoms with Crippen molar-refractivity contribution in [3.63, 3.8) is 0 Å². The maximum atomic E-state index is 11.9. The zero-order valence-corrected chi connectivity index (χ0v) is 13.7.